The summed E-state index contributed by atoms with van der Waals surface area (Å²) in [6.07, 6.45) is 7.69. The SMILES string of the molecule is Fc1cc(-c2ccc3c(c2)CCC(C#Cc2ccc(CC4CC4)cc2)=C3)cc(F)c1N=C=S. The van der Waals surface area contributed by atoms with Gasteiger partial charge in [-0.15, -0.1) is 0 Å². The Morgan fingerprint density at radius 2 is 1.64 bits per heavy atom. The number of aryl methyl sites for hydroxylation is 1. The third kappa shape index (κ3) is 5.01. The summed E-state index contributed by atoms with van der Waals surface area (Å²) in [5, 5.41) is 2.01. The van der Waals surface area contributed by atoms with E-state index in [-0.39, 0.29) is 0 Å². The van der Waals surface area contributed by atoms with Gasteiger partial charge in [0.05, 0.1) is 5.16 Å². The van der Waals surface area contributed by atoms with Gasteiger partial charge in [0.1, 0.15) is 5.69 Å². The van der Waals surface area contributed by atoms with Crippen molar-refractivity contribution in [1.29, 1.82) is 0 Å². The minimum atomic E-state index is -0.752. The van der Waals surface area contributed by atoms with E-state index in [1.165, 1.54) is 37.0 Å². The zero-order valence-corrected chi connectivity index (χ0v) is 18.8. The Balaban J connectivity index is 1.35. The van der Waals surface area contributed by atoms with Gasteiger partial charge < -0.3 is 0 Å². The smallest absolute Gasteiger partial charge is 0.153 e. The standard InChI is InChI=1S/C29H21F2NS/c30-27-16-26(17-28(31)29(27)32-18-33)25-12-11-23-14-22(9-10-24(23)15-25)6-3-19-1-4-20(5-2-19)13-21-7-8-21/h1-2,4-5,11-12,14-17,21H,7-10,13H2. The van der Waals surface area contributed by atoms with E-state index in [0.717, 1.165) is 46.6 Å². The number of rotatable bonds is 4. The molecule has 1 fully saturated rings. The van der Waals surface area contributed by atoms with Gasteiger partial charge in [-0.1, -0.05) is 42.2 Å². The van der Waals surface area contributed by atoms with Crippen molar-refractivity contribution < 1.29 is 8.78 Å². The van der Waals surface area contributed by atoms with Crippen molar-refractivity contribution in [3.63, 3.8) is 0 Å². The van der Waals surface area contributed by atoms with Crippen molar-refractivity contribution in [2.75, 3.05) is 0 Å². The summed E-state index contributed by atoms with van der Waals surface area (Å²) in [5.41, 5.74) is 6.58. The van der Waals surface area contributed by atoms with Gasteiger partial charge in [0.25, 0.3) is 0 Å². The van der Waals surface area contributed by atoms with Crippen LogP contribution in [0.1, 0.15) is 41.5 Å². The average molecular weight is 454 g/mol. The number of hydrogen-bond acceptors (Lipinski definition) is 2. The van der Waals surface area contributed by atoms with E-state index in [1.54, 1.807) is 0 Å². The van der Waals surface area contributed by atoms with Crippen LogP contribution in [-0.2, 0) is 12.8 Å². The van der Waals surface area contributed by atoms with Crippen molar-refractivity contribution in [3.8, 4) is 23.0 Å². The van der Waals surface area contributed by atoms with Gasteiger partial charge in [0, 0.05) is 11.1 Å². The van der Waals surface area contributed by atoms with Crippen molar-refractivity contribution in [2.45, 2.75) is 32.1 Å². The Labute approximate surface area is 197 Å². The lowest BCUT2D eigenvalue weighted by molar-refractivity contribution is 0.588. The first kappa shape index (κ1) is 21.5. The van der Waals surface area contributed by atoms with Crippen molar-refractivity contribution in [1.82, 2.24) is 0 Å². The summed E-state index contributed by atoms with van der Waals surface area (Å²) < 4.78 is 28.5. The van der Waals surface area contributed by atoms with Crippen LogP contribution < -0.4 is 0 Å². The molecule has 162 valence electrons. The topological polar surface area (TPSA) is 12.4 Å². The maximum absolute atomic E-state index is 14.2. The van der Waals surface area contributed by atoms with Crippen LogP contribution in [0.4, 0.5) is 14.5 Å². The van der Waals surface area contributed by atoms with Gasteiger partial charge in [-0.25, -0.2) is 8.78 Å². The van der Waals surface area contributed by atoms with E-state index >= 15 is 0 Å². The number of fused-ring (bicyclic) bond motifs is 1. The predicted octanol–water partition coefficient (Wildman–Crippen LogP) is 7.70. The molecule has 2 aliphatic rings. The molecule has 3 aromatic carbocycles. The van der Waals surface area contributed by atoms with Gasteiger partial charge in [-0.05, 0) is 108 Å². The number of hydrogen-bond donors (Lipinski definition) is 0. The molecule has 0 unspecified atom stereocenters. The van der Waals surface area contributed by atoms with Crippen LogP contribution in [0.5, 0.6) is 0 Å². The van der Waals surface area contributed by atoms with E-state index in [4.69, 9.17) is 0 Å². The number of thiocarbonyl (C=S) groups is 1. The number of isothiocyanates is 1. The zero-order chi connectivity index (χ0) is 22.8. The quantitative estimate of drug-likeness (QED) is 0.224. The molecule has 1 nitrogen and oxygen atoms in total. The first-order valence-corrected chi connectivity index (χ1v) is 11.5. The Morgan fingerprint density at radius 1 is 0.879 bits per heavy atom. The van der Waals surface area contributed by atoms with Crippen LogP contribution in [0.25, 0.3) is 17.2 Å². The molecule has 33 heavy (non-hydrogen) atoms. The summed E-state index contributed by atoms with van der Waals surface area (Å²) in [7, 11) is 0. The molecule has 0 amide bonds. The van der Waals surface area contributed by atoms with Crippen LogP contribution in [0, 0.1) is 29.4 Å². The Kier molecular flexibility index (Phi) is 6.01. The Bertz CT molecular complexity index is 1340. The molecule has 4 heteroatoms. The number of aliphatic imine (C=N–C) groups is 1. The van der Waals surface area contributed by atoms with Gasteiger partial charge in [-0.3, -0.25) is 0 Å². The van der Waals surface area contributed by atoms with E-state index in [0.29, 0.717) is 5.56 Å². The van der Waals surface area contributed by atoms with Crippen molar-refractivity contribution in [2.24, 2.45) is 10.9 Å². The largest absolute Gasteiger partial charge is 0.204 e. The molecule has 3 aromatic rings. The minimum absolute atomic E-state index is 0.407. The maximum atomic E-state index is 14.2. The van der Waals surface area contributed by atoms with Gasteiger partial charge in [-0.2, -0.15) is 4.99 Å². The predicted molar refractivity (Wildman–Crippen MR) is 133 cm³/mol. The van der Waals surface area contributed by atoms with Gasteiger partial charge in [0.15, 0.2) is 11.6 Å². The van der Waals surface area contributed by atoms with Crippen LogP contribution in [0.2, 0.25) is 0 Å². The number of nitrogens with zero attached hydrogens (tertiary/aromatic N) is 1. The minimum Gasteiger partial charge on any atom is -0.204 e. The lowest BCUT2D eigenvalue weighted by Crippen LogP contribution is -1.99. The fraction of sp³-hybridized carbons (Fsp3) is 0.207. The number of halogens is 2. The van der Waals surface area contributed by atoms with E-state index < -0.39 is 17.3 Å². The Morgan fingerprint density at radius 3 is 2.33 bits per heavy atom. The molecule has 0 spiro atoms. The highest BCUT2D eigenvalue weighted by molar-refractivity contribution is 7.78. The average Bonchev–Trinajstić information content (AvgIpc) is 3.64. The van der Waals surface area contributed by atoms with E-state index in [9.17, 15) is 8.78 Å². The molecule has 0 aliphatic heterocycles. The molecular formula is C29H21F2NS. The zero-order valence-electron chi connectivity index (χ0n) is 18.0. The molecule has 0 saturated heterocycles. The van der Waals surface area contributed by atoms with E-state index in [1.807, 2.05) is 23.4 Å². The molecule has 0 bridgehead atoms. The van der Waals surface area contributed by atoms with Crippen LogP contribution in [-0.4, -0.2) is 5.16 Å². The molecule has 2 aliphatic carbocycles. The highest BCUT2D eigenvalue weighted by Crippen LogP contribution is 2.33. The van der Waals surface area contributed by atoms with E-state index in [2.05, 4.69) is 59.4 Å². The second-order valence-electron chi connectivity index (χ2n) is 8.67. The molecule has 0 N–H and O–H groups in total. The highest BCUT2D eigenvalue weighted by atomic mass is 32.1. The Hall–Kier alpha value is -3.38. The van der Waals surface area contributed by atoms with Crippen LogP contribution >= 0.6 is 12.2 Å². The van der Waals surface area contributed by atoms with Crippen LogP contribution in [0.15, 0.2) is 65.2 Å². The molecule has 0 heterocycles. The third-order valence-corrected chi connectivity index (χ3v) is 6.28. The van der Waals surface area contributed by atoms with Gasteiger partial charge >= 0.3 is 0 Å². The highest BCUT2D eigenvalue weighted by Gasteiger charge is 2.21. The lowest BCUT2D eigenvalue weighted by atomic mass is 9.89. The first-order chi connectivity index (χ1) is 16.1. The number of allylic oxidation sites excluding steroid dienone is 1. The van der Waals surface area contributed by atoms with Crippen molar-refractivity contribution in [3.05, 3.63) is 94.1 Å². The normalized spacial score (nSPS) is 14.4. The lowest BCUT2D eigenvalue weighted by Gasteiger charge is -2.15. The fourth-order valence-corrected chi connectivity index (χ4v) is 4.28. The summed E-state index contributed by atoms with van der Waals surface area (Å²) in [5.74, 6) is 5.98. The molecule has 5 rings (SSSR count). The summed E-state index contributed by atoms with van der Waals surface area (Å²) in [6.45, 7) is 0. The van der Waals surface area contributed by atoms with Crippen LogP contribution in [0.3, 0.4) is 0 Å². The summed E-state index contributed by atoms with van der Waals surface area (Å²) in [6, 6.07) is 17.0. The molecule has 1 saturated carbocycles. The first-order valence-electron chi connectivity index (χ1n) is 11.1. The fourth-order valence-electron chi connectivity index (χ4n) is 4.19. The third-order valence-electron chi connectivity index (χ3n) is 6.19. The maximum Gasteiger partial charge on any atom is 0.153 e. The molecule has 0 aromatic heterocycles. The van der Waals surface area contributed by atoms with Crippen molar-refractivity contribution >= 4 is 29.1 Å². The monoisotopic (exact) mass is 453 g/mol. The summed E-state index contributed by atoms with van der Waals surface area (Å²) >= 11 is 4.46. The molecular weight excluding hydrogens is 432 g/mol. The second-order valence-corrected chi connectivity index (χ2v) is 8.85. The molecule has 0 atom stereocenters. The summed E-state index contributed by atoms with van der Waals surface area (Å²) in [4.78, 5) is 3.47. The number of benzene rings is 3. The molecule has 0 radical (unpaired) electrons. The second kappa shape index (κ2) is 9.24. The van der Waals surface area contributed by atoms with Gasteiger partial charge in [0.2, 0.25) is 0 Å².